The predicted octanol–water partition coefficient (Wildman–Crippen LogP) is 0.515. The summed E-state index contributed by atoms with van der Waals surface area (Å²) >= 11 is 0. The summed E-state index contributed by atoms with van der Waals surface area (Å²) < 4.78 is 4.72. The third kappa shape index (κ3) is 1.88. The molecule has 0 radical (unpaired) electrons. The number of rotatable bonds is 3. The van der Waals surface area contributed by atoms with Crippen LogP contribution in [0.15, 0.2) is 10.6 Å². The van der Waals surface area contributed by atoms with Gasteiger partial charge in [0.1, 0.15) is 0 Å². The zero-order valence-electron chi connectivity index (χ0n) is 6.33. The molecule has 1 aromatic rings. The second-order valence-corrected chi connectivity index (χ2v) is 2.29. The average molecular weight is 154 g/mol. The second-order valence-electron chi connectivity index (χ2n) is 2.29. The number of nitrogens with zero attached hydrogens (tertiary/aromatic N) is 1. The highest BCUT2D eigenvalue weighted by molar-refractivity contribution is 5.93. The predicted molar refractivity (Wildman–Crippen MR) is 39.2 cm³/mol. The van der Waals surface area contributed by atoms with Gasteiger partial charge in [-0.2, -0.15) is 0 Å². The van der Waals surface area contributed by atoms with Crippen molar-refractivity contribution < 1.29 is 9.32 Å². The van der Waals surface area contributed by atoms with Crippen LogP contribution in [-0.4, -0.2) is 17.5 Å². The van der Waals surface area contributed by atoms with Gasteiger partial charge in [-0.1, -0.05) is 5.16 Å². The van der Waals surface area contributed by atoms with Gasteiger partial charge < -0.3 is 10.3 Å². The lowest BCUT2D eigenvalue weighted by molar-refractivity contribution is 0.0949. The van der Waals surface area contributed by atoms with Gasteiger partial charge in [0.15, 0.2) is 0 Å². The molecule has 1 heterocycles. The van der Waals surface area contributed by atoms with Crippen LogP contribution in [0.25, 0.3) is 0 Å². The lowest BCUT2D eigenvalue weighted by atomic mass is 10.2. The van der Waals surface area contributed by atoms with E-state index in [0.29, 0.717) is 24.4 Å². The summed E-state index contributed by atoms with van der Waals surface area (Å²) in [6.07, 6.45) is 0.314. The van der Waals surface area contributed by atoms with Crippen molar-refractivity contribution in [3.8, 4) is 0 Å². The number of aryl methyl sites for hydroxylation is 1. The Labute approximate surface area is 64.4 Å². The standard InChI is InChI=1S/C7H10N2O2/c1-5-4-7(11-9-5)6(10)2-3-8/h4H,2-3,8H2,1H3. The molecule has 0 aliphatic carbocycles. The van der Waals surface area contributed by atoms with Gasteiger partial charge in [0.05, 0.1) is 5.69 Å². The van der Waals surface area contributed by atoms with Crippen LogP contribution in [0.3, 0.4) is 0 Å². The largest absolute Gasteiger partial charge is 0.353 e. The van der Waals surface area contributed by atoms with Gasteiger partial charge in [-0.3, -0.25) is 4.79 Å². The quantitative estimate of drug-likeness (QED) is 0.644. The van der Waals surface area contributed by atoms with Gasteiger partial charge in [-0.25, -0.2) is 0 Å². The van der Waals surface area contributed by atoms with Gasteiger partial charge in [0.2, 0.25) is 11.5 Å². The number of hydrogen-bond donors (Lipinski definition) is 1. The molecule has 0 aliphatic rings. The molecule has 0 saturated carbocycles. The molecule has 0 aromatic carbocycles. The van der Waals surface area contributed by atoms with E-state index >= 15 is 0 Å². The fraction of sp³-hybridized carbons (Fsp3) is 0.429. The molecule has 11 heavy (non-hydrogen) atoms. The number of carbonyl (C=O) groups excluding carboxylic acids is 1. The average Bonchev–Trinajstić information content (AvgIpc) is 2.36. The molecule has 0 spiro atoms. The van der Waals surface area contributed by atoms with Crippen LogP contribution in [0.4, 0.5) is 0 Å². The number of Topliss-reactive ketones (excluding diaryl/α,β-unsaturated/α-hetero) is 1. The van der Waals surface area contributed by atoms with Crippen molar-refractivity contribution in [1.29, 1.82) is 0 Å². The molecule has 0 unspecified atom stereocenters. The highest BCUT2D eigenvalue weighted by Gasteiger charge is 2.09. The topological polar surface area (TPSA) is 69.1 Å². The summed E-state index contributed by atoms with van der Waals surface area (Å²) in [5.74, 6) is 0.209. The molecule has 1 aromatic heterocycles. The third-order valence-corrected chi connectivity index (χ3v) is 1.27. The van der Waals surface area contributed by atoms with Crippen LogP contribution in [0, 0.1) is 6.92 Å². The van der Waals surface area contributed by atoms with Crippen LogP contribution in [-0.2, 0) is 0 Å². The minimum Gasteiger partial charge on any atom is -0.353 e. The van der Waals surface area contributed by atoms with E-state index in [2.05, 4.69) is 5.16 Å². The Kier molecular flexibility index (Phi) is 2.38. The lowest BCUT2D eigenvalue weighted by Crippen LogP contribution is -2.07. The van der Waals surface area contributed by atoms with E-state index in [4.69, 9.17) is 10.3 Å². The van der Waals surface area contributed by atoms with E-state index in [9.17, 15) is 4.79 Å². The molecule has 0 saturated heterocycles. The number of carbonyl (C=O) groups is 1. The second kappa shape index (κ2) is 3.30. The van der Waals surface area contributed by atoms with Crippen LogP contribution in [0.5, 0.6) is 0 Å². The smallest absolute Gasteiger partial charge is 0.202 e. The van der Waals surface area contributed by atoms with E-state index in [1.165, 1.54) is 0 Å². The monoisotopic (exact) mass is 154 g/mol. The van der Waals surface area contributed by atoms with Crippen molar-refractivity contribution in [2.75, 3.05) is 6.54 Å². The van der Waals surface area contributed by atoms with Crippen LogP contribution < -0.4 is 5.73 Å². The van der Waals surface area contributed by atoms with Crippen molar-refractivity contribution in [3.63, 3.8) is 0 Å². The van der Waals surface area contributed by atoms with Crippen molar-refractivity contribution in [1.82, 2.24) is 5.16 Å². The molecule has 0 fully saturated rings. The van der Waals surface area contributed by atoms with Crippen molar-refractivity contribution in [2.24, 2.45) is 5.73 Å². The van der Waals surface area contributed by atoms with Crippen molar-refractivity contribution in [2.45, 2.75) is 13.3 Å². The van der Waals surface area contributed by atoms with Crippen LogP contribution in [0.1, 0.15) is 22.7 Å². The number of aromatic nitrogens is 1. The molecule has 0 amide bonds. The normalized spacial score (nSPS) is 10.0. The molecular formula is C7H10N2O2. The van der Waals surface area contributed by atoms with E-state index < -0.39 is 0 Å². The Balaban J connectivity index is 2.69. The molecule has 1 rings (SSSR count). The first kappa shape index (κ1) is 7.94. The molecular weight excluding hydrogens is 144 g/mol. The maximum Gasteiger partial charge on any atom is 0.202 e. The van der Waals surface area contributed by atoms with Crippen molar-refractivity contribution in [3.05, 3.63) is 17.5 Å². The molecule has 0 aliphatic heterocycles. The summed E-state index contributed by atoms with van der Waals surface area (Å²) in [5, 5.41) is 3.58. The van der Waals surface area contributed by atoms with Crippen LogP contribution in [0.2, 0.25) is 0 Å². The molecule has 60 valence electrons. The molecule has 4 nitrogen and oxygen atoms in total. The van der Waals surface area contributed by atoms with Gasteiger partial charge in [-0.05, 0) is 13.5 Å². The summed E-state index contributed by atoms with van der Waals surface area (Å²) in [5.41, 5.74) is 5.90. The molecule has 0 bridgehead atoms. The van der Waals surface area contributed by atoms with E-state index in [1.807, 2.05) is 0 Å². The minimum atomic E-state index is -0.0897. The highest BCUT2D eigenvalue weighted by Crippen LogP contribution is 2.04. The fourth-order valence-corrected chi connectivity index (χ4v) is 0.749. The Morgan fingerprint density at radius 3 is 3.00 bits per heavy atom. The summed E-state index contributed by atoms with van der Waals surface area (Å²) in [6.45, 7) is 2.11. The summed E-state index contributed by atoms with van der Waals surface area (Å²) in [6, 6.07) is 1.61. The van der Waals surface area contributed by atoms with Crippen LogP contribution >= 0.6 is 0 Å². The first-order valence-electron chi connectivity index (χ1n) is 3.40. The summed E-state index contributed by atoms with van der Waals surface area (Å²) in [7, 11) is 0. The van der Waals surface area contributed by atoms with Gasteiger partial charge in [0, 0.05) is 12.5 Å². The van der Waals surface area contributed by atoms with Gasteiger partial charge >= 0.3 is 0 Å². The third-order valence-electron chi connectivity index (χ3n) is 1.27. The Hall–Kier alpha value is -1.16. The summed E-state index contributed by atoms with van der Waals surface area (Å²) in [4.78, 5) is 11.0. The maximum atomic E-state index is 11.0. The minimum absolute atomic E-state index is 0.0897. The highest BCUT2D eigenvalue weighted by atomic mass is 16.5. The molecule has 2 N–H and O–H groups in total. The zero-order valence-corrected chi connectivity index (χ0v) is 6.33. The van der Waals surface area contributed by atoms with Gasteiger partial charge in [-0.15, -0.1) is 0 Å². The molecule has 4 heteroatoms. The SMILES string of the molecule is Cc1cc(C(=O)CCN)on1. The number of nitrogens with two attached hydrogens (primary N) is 1. The van der Waals surface area contributed by atoms with E-state index in [0.717, 1.165) is 0 Å². The Morgan fingerprint density at radius 2 is 2.55 bits per heavy atom. The van der Waals surface area contributed by atoms with E-state index in [-0.39, 0.29) is 5.78 Å². The zero-order chi connectivity index (χ0) is 8.27. The lowest BCUT2D eigenvalue weighted by Gasteiger charge is -1.88. The van der Waals surface area contributed by atoms with Gasteiger partial charge in [0.25, 0.3) is 0 Å². The van der Waals surface area contributed by atoms with Crippen molar-refractivity contribution >= 4 is 5.78 Å². The first-order chi connectivity index (χ1) is 5.24. The first-order valence-corrected chi connectivity index (χ1v) is 3.40. The Morgan fingerprint density at radius 1 is 1.82 bits per heavy atom. The maximum absolute atomic E-state index is 11.0. The number of ketones is 1. The fourth-order valence-electron chi connectivity index (χ4n) is 0.749. The van der Waals surface area contributed by atoms with E-state index in [1.54, 1.807) is 13.0 Å². The number of hydrogen-bond acceptors (Lipinski definition) is 4. The molecule has 0 atom stereocenters. The Bertz CT molecular complexity index is 255.